The van der Waals surface area contributed by atoms with Gasteiger partial charge in [-0.15, -0.1) is 0 Å². The molecular weight excluding hydrogens is 369 g/mol. The molecule has 29 heavy (non-hydrogen) atoms. The number of carbonyl (C=O) groups excluding carboxylic acids is 1. The fourth-order valence-electron chi connectivity index (χ4n) is 4.50. The van der Waals surface area contributed by atoms with Gasteiger partial charge < -0.3 is 10.1 Å². The quantitative estimate of drug-likeness (QED) is 0.805. The van der Waals surface area contributed by atoms with Gasteiger partial charge in [0.15, 0.2) is 0 Å². The van der Waals surface area contributed by atoms with Gasteiger partial charge in [0.2, 0.25) is 0 Å². The second-order valence-corrected chi connectivity index (χ2v) is 7.98. The van der Waals surface area contributed by atoms with Crippen molar-refractivity contribution in [3.8, 4) is 0 Å². The van der Waals surface area contributed by atoms with Crippen molar-refractivity contribution in [3.63, 3.8) is 0 Å². The van der Waals surface area contributed by atoms with E-state index in [9.17, 15) is 9.18 Å². The van der Waals surface area contributed by atoms with Gasteiger partial charge in [-0.25, -0.2) is 9.49 Å². The van der Waals surface area contributed by atoms with E-state index in [1.54, 1.807) is 6.07 Å². The van der Waals surface area contributed by atoms with Crippen molar-refractivity contribution in [3.05, 3.63) is 62.3 Å². The summed E-state index contributed by atoms with van der Waals surface area (Å²) in [4.78, 5) is 20.0. The van der Waals surface area contributed by atoms with Gasteiger partial charge in [-0.2, -0.15) is 5.10 Å². The minimum Gasteiger partial charge on any atom is -0.310 e. The molecular formula is C23H30FN3O2. The Balaban J connectivity index is 0.00000117. The second-order valence-electron chi connectivity index (χ2n) is 7.98. The number of halogens is 1. The number of benzene rings is 1. The zero-order valence-corrected chi connectivity index (χ0v) is 16.9. The van der Waals surface area contributed by atoms with Crippen molar-refractivity contribution in [1.82, 2.24) is 15.5 Å². The zero-order valence-electron chi connectivity index (χ0n) is 16.9. The van der Waals surface area contributed by atoms with E-state index in [1.165, 1.54) is 32.1 Å². The van der Waals surface area contributed by atoms with Crippen molar-refractivity contribution in [2.45, 2.75) is 76.8 Å². The highest BCUT2D eigenvalue weighted by molar-refractivity contribution is 5.35. The molecule has 1 fully saturated rings. The molecule has 1 aromatic carbocycles. The van der Waals surface area contributed by atoms with E-state index in [2.05, 4.69) is 15.5 Å². The lowest BCUT2D eigenvalue weighted by molar-refractivity contribution is -0.0979. The molecule has 2 N–H and O–H groups in total. The van der Waals surface area contributed by atoms with Crippen LogP contribution in [-0.2, 0) is 30.6 Å². The summed E-state index contributed by atoms with van der Waals surface area (Å²) >= 11 is 0. The maximum absolute atomic E-state index is 14.3. The van der Waals surface area contributed by atoms with Gasteiger partial charge in [0, 0.05) is 30.1 Å². The molecule has 0 saturated heterocycles. The number of aromatic nitrogens is 2. The number of fused-ring (bicyclic) bond motifs is 1. The fraction of sp³-hybridized carbons (Fsp3) is 0.522. The van der Waals surface area contributed by atoms with E-state index in [0.717, 1.165) is 53.6 Å². The number of aromatic amines is 1. The first-order valence-corrected chi connectivity index (χ1v) is 10.6. The molecule has 2 aliphatic carbocycles. The average Bonchev–Trinajstić information content (AvgIpc) is 2.78. The van der Waals surface area contributed by atoms with Crippen LogP contribution in [0.25, 0.3) is 0 Å². The average molecular weight is 400 g/mol. The number of carbonyl (C=O) groups is 1. The van der Waals surface area contributed by atoms with Crippen LogP contribution in [0.5, 0.6) is 0 Å². The molecule has 0 atom stereocenters. The van der Waals surface area contributed by atoms with Crippen LogP contribution in [-0.4, -0.2) is 23.0 Å². The third kappa shape index (κ3) is 5.38. The second kappa shape index (κ2) is 10.4. The lowest BCUT2D eigenvalue weighted by Crippen LogP contribution is -2.30. The summed E-state index contributed by atoms with van der Waals surface area (Å²) in [6.45, 7) is 2.57. The predicted octanol–water partition coefficient (Wildman–Crippen LogP) is 3.62. The summed E-state index contributed by atoms with van der Waals surface area (Å²) in [6, 6.07) is 5.86. The van der Waals surface area contributed by atoms with Crippen LogP contribution >= 0.6 is 0 Å². The molecule has 0 aliphatic heterocycles. The normalized spacial score (nSPS) is 16.6. The smallest absolute Gasteiger partial charge is 0.267 e. The first-order valence-electron chi connectivity index (χ1n) is 10.6. The first-order chi connectivity index (χ1) is 14.2. The summed E-state index contributed by atoms with van der Waals surface area (Å²) in [5, 5.41) is 10.5. The van der Waals surface area contributed by atoms with Crippen molar-refractivity contribution >= 4 is 6.79 Å². The fourth-order valence-corrected chi connectivity index (χ4v) is 4.50. The van der Waals surface area contributed by atoms with Gasteiger partial charge in [0.05, 0.1) is 5.69 Å². The van der Waals surface area contributed by atoms with Crippen LogP contribution in [0.15, 0.2) is 23.0 Å². The lowest BCUT2D eigenvalue weighted by Gasteiger charge is -2.23. The molecule has 1 saturated carbocycles. The monoisotopic (exact) mass is 399 g/mol. The Hall–Kier alpha value is -2.34. The van der Waals surface area contributed by atoms with Crippen LogP contribution in [0.4, 0.5) is 4.39 Å². The summed E-state index contributed by atoms with van der Waals surface area (Å²) < 4.78 is 14.3. The van der Waals surface area contributed by atoms with Gasteiger partial charge in [-0.05, 0) is 55.7 Å². The van der Waals surface area contributed by atoms with Gasteiger partial charge in [-0.3, -0.25) is 4.79 Å². The third-order valence-electron chi connectivity index (χ3n) is 6.05. The lowest BCUT2D eigenvalue weighted by atomic mass is 9.90. The number of nitrogens with zero attached hydrogens (tertiary/aromatic N) is 1. The van der Waals surface area contributed by atoms with Crippen LogP contribution < -0.4 is 10.9 Å². The highest BCUT2D eigenvalue weighted by Crippen LogP contribution is 2.23. The molecule has 156 valence electrons. The number of rotatable bonds is 5. The summed E-state index contributed by atoms with van der Waals surface area (Å²) in [6.07, 6.45) is 10.8. The predicted molar refractivity (Wildman–Crippen MR) is 112 cm³/mol. The van der Waals surface area contributed by atoms with Gasteiger partial charge >= 0.3 is 0 Å². The van der Waals surface area contributed by atoms with Crippen molar-refractivity contribution < 1.29 is 9.18 Å². The van der Waals surface area contributed by atoms with Crippen LogP contribution in [0, 0.1) is 5.82 Å². The van der Waals surface area contributed by atoms with E-state index in [4.69, 9.17) is 4.79 Å². The molecule has 2 aliphatic rings. The van der Waals surface area contributed by atoms with Gasteiger partial charge in [0.1, 0.15) is 12.6 Å². The molecule has 0 spiro atoms. The molecule has 6 heteroatoms. The van der Waals surface area contributed by atoms with Crippen LogP contribution in [0.3, 0.4) is 0 Å². The molecule has 0 amide bonds. The number of nitrogens with one attached hydrogen (secondary N) is 2. The molecule has 2 aromatic rings. The molecule has 0 bridgehead atoms. The topological polar surface area (TPSA) is 74.8 Å². The SMILES string of the molecule is C=O.O=c1[nH]nc(Cc2ccc(F)c(CNC3CCCCC3)c2)c2c1CCCC2. The van der Waals surface area contributed by atoms with E-state index in [-0.39, 0.29) is 11.4 Å². The Bertz CT molecular complexity index is 875. The molecule has 0 radical (unpaired) electrons. The van der Waals surface area contributed by atoms with E-state index >= 15 is 0 Å². The Morgan fingerprint density at radius 2 is 1.79 bits per heavy atom. The highest BCUT2D eigenvalue weighted by atomic mass is 19.1. The van der Waals surface area contributed by atoms with Gasteiger partial charge in [-0.1, -0.05) is 31.4 Å². The van der Waals surface area contributed by atoms with E-state index < -0.39 is 0 Å². The zero-order chi connectivity index (χ0) is 20.6. The first kappa shape index (κ1) is 21.4. The maximum atomic E-state index is 14.3. The molecule has 1 aromatic heterocycles. The van der Waals surface area contributed by atoms with Crippen molar-refractivity contribution in [2.24, 2.45) is 0 Å². The summed E-state index contributed by atoms with van der Waals surface area (Å²) in [5.41, 5.74) is 4.65. The van der Waals surface area contributed by atoms with Crippen LogP contribution in [0.2, 0.25) is 0 Å². The van der Waals surface area contributed by atoms with Gasteiger partial charge in [0.25, 0.3) is 5.56 Å². The Labute approximate surface area is 171 Å². The Kier molecular flexibility index (Phi) is 7.69. The van der Waals surface area contributed by atoms with E-state index in [0.29, 0.717) is 19.0 Å². The molecule has 4 rings (SSSR count). The highest BCUT2D eigenvalue weighted by Gasteiger charge is 2.18. The van der Waals surface area contributed by atoms with Crippen LogP contribution in [0.1, 0.15) is 72.9 Å². The summed E-state index contributed by atoms with van der Waals surface area (Å²) in [5.74, 6) is -0.154. The number of H-pyrrole nitrogens is 1. The molecule has 0 unspecified atom stereocenters. The maximum Gasteiger partial charge on any atom is 0.267 e. The summed E-state index contributed by atoms with van der Waals surface area (Å²) in [7, 11) is 0. The Morgan fingerprint density at radius 3 is 2.55 bits per heavy atom. The molecule has 5 nitrogen and oxygen atoms in total. The standard InChI is InChI=1S/C22H28FN3O.CH2O/c23-20-11-10-15(12-16(20)14-24-17-6-2-1-3-7-17)13-21-18-8-4-5-9-19(18)22(27)26-25-21;1-2/h10-12,17,24H,1-9,13-14H2,(H,26,27);1H2. The minimum absolute atomic E-state index is 0.0510. The number of hydrogen-bond donors (Lipinski definition) is 2. The van der Waals surface area contributed by atoms with Crippen molar-refractivity contribution in [2.75, 3.05) is 0 Å². The third-order valence-corrected chi connectivity index (χ3v) is 6.05. The van der Waals surface area contributed by atoms with Crippen molar-refractivity contribution in [1.29, 1.82) is 0 Å². The molecule has 1 heterocycles. The Morgan fingerprint density at radius 1 is 1.07 bits per heavy atom. The van der Waals surface area contributed by atoms with E-state index in [1.807, 2.05) is 18.9 Å². The largest absolute Gasteiger partial charge is 0.310 e. The number of hydrogen-bond acceptors (Lipinski definition) is 4. The minimum atomic E-state index is -0.154.